The molecular weight excluding hydrogens is 392 g/mol. The van der Waals surface area contributed by atoms with Gasteiger partial charge < -0.3 is 19.9 Å². The Balaban J connectivity index is 1.65. The Morgan fingerprint density at radius 2 is 2.07 bits per heavy atom. The summed E-state index contributed by atoms with van der Waals surface area (Å²) in [6.45, 7) is 3.17. The Bertz CT molecular complexity index is 1130. The fourth-order valence-electron chi connectivity index (χ4n) is 5.32. The van der Waals surface area contributed by atoms with Gasteiger partial charge in [0, 0.05) is 36.6 Å². The molecule has 2 aromatic rings. The van der Waals surface area contributed by atoms with Crippen LogP contribution in [0.25, 0.3) is 10.9 Å². The third-order valence-corrected chi connectivity index (χ3v) is 7.32. The lowest BCUT2D eigenvalue weighted by atomic mass is 9.96. The lowest BCUT2D eigenvalue weighted by Gasteiger charge is -2.26. The topological polar surface area (TPSA) is 74.6 Å². The molecule has 0 bridgehead atoms. The van der Waals surface area contributed by atoms with Crippen molar-refractivity contribution in [2.45, 2.75) is 50.4 Å². The zero-order chi connectivity index (χ0) is 21.4. The highest BCUT2D eigenvalue weighted by atomic mass is 19.1. The number of rotatable bonds is 5. The Hall–Kier alpha value is -2.48. The van der Waals surface area contributed by atoms with Gasteiger partial charge in [-0.1, -0.05) is 0 Å². The van der Waals surface area contributed by atoms with Crippen LogP contribution in [0.4, 0.5) is 14.5 Å². The number of carbonyl (C=O) groups is 1. The van der Waals surface area contributed by atoms with E-state index in [0.717, 1.165) is 31.9 Å². The number of anilines is 1. The van der Waals surface area contributed by atoms with Gasteiger partial charge in [-0.25, -0.2) is 13.6 Å². The number of alkyl halides is 1. The van der Waals surface area contributed by atoms with Crippen molar-refractivity contribution in [1.82, 2.24) is 9.88 Å². The lowest BCUT2D eigenvalue weighted by molar-refractivity contribution is 0.0694. The molecule has 3 atom stereocenters. The van der Waals surface area contributed by atoms with Crippen LogP contribution in [0.15, 0.2) is 17.1 Å². The maximum atomic E-state index is 15.3. The molecule has 3 aliphatic rings. The van der Waals surface area contributed by atoms with Crippen LogP contribution in [0, 0.1) is 18.7 Å². The average molecular weight is 417 g/mol. The monoisotopic (exact) mass is 417 g/mol. The Morgan fingerprint density at radius 1 is 1.37 bits per heavy atom. The van der Waals surface area contributed by atoms with Crippen LogP contribution in [0.5, 0.6) is 0 Å². The quantitative estimate of drug-likeness (QED) is 0.782. The van der Waals surface area contributed by atoms with E-state index in [9.17, 15) is 19.1 Å². The fourth-order valence-corrected chi connectivity index (χ4v) is 5.32. The molecule has 2 aliphatic carbocycles. The molecule has 3 fully saturated rings. The zero-order valence-electron chi connectivity index (χ0n) is 17.0. The number of benzene rings is 1. The largest absolute Gasteiger partial charge is 0.477 e. The van der Waals surface area contributed by atoms with Crippen LogP contribution in [-0.2, 0) is 0 Å². The van der Waals surface area contributed by atoms with Gasteiger partial charge in [-0.2, -0.15) is 0 Å². The summed E-state index contributed by atoms with van der Waals surface area (Å²) in [5.41, 5.74) is 0.384. The van der Waals surface area contributed by atoms with E-state index < -0.39 is 35.0 Å². The SMILES string of the molecule is CNC1([C@@H]2CCN(c3c(F)cc4c(=O)c(C(=O)O)cn([C@@H]5C[C@@H]5F)c4c3C)C2)CC1. The molecule has 30 heavy (non-hydrogen) atoms. The van der Waals surface area contributed by atoms with Crippen molar-refractivity contribution in [3.05, 3.63) is 39.4 Å². The van der Waals surface area contributed by atoms with E-state index in [1.807, 2.05) is 11.9 Å². The van der Waals surface area contributed by atoms with Crippen LogP contribution in [0.1, 0.15) is 47.6 Å². The number of nitrogens with one attached hydrogen (secondary N) is 1. The molecular formula is C22H25F2N3O3. The number of fused-ring (bicyclic) bond motifs is 1. The third-order valence-electron chi connectivity index (χ3n) is 7.32. The van der Waals surface area contributed by atoms with E-state index in [2.05, 4.69) is 5.32 Å². The predicted octanol–water partition coefficient (Wildman–Crippen LogP) is 3.01. The highest BCUT2D eigenvalue weighted by Gasteiger charge is 2.50. The lowest BCUT2D eigenvalue weighted by Crippen LogP contribution is -2.37. The second-order valence-electron chi connectivity index (χ2n) is 8.97. The number of carboxylic acid groups (broad SMARTS) is 1. The van der Waals surface area contributed by atoms with Gasteiger partial charge in [0.05, 0.1) is 17.2 Å². The summed E-state index contributed by atoms with van der Waals surface area (Å²) >= 11 is 0. The van der Waals surface area contributed by atoms with E-state index in [1.54, 1.807) is 6.92 Å². The second kappa shape index (κ2) is 6.51. The second-order valence-corrected chi connectivity index (χ2v) is 8.97. The number of carboxylic acids is 1. The molecule has 0 radical (unpaired) electrons. The zero-order valence-corrected chi connectivity index (χ0v) is 17.0. The fraction of sp³-hybridized carbons (Fsp3) is 0.545. The first-order valence-corrected chi connectivity index (χ1v) is 10.5. The average Bonchev–Trinajstić information content (AvgIpc) is 3.60. The minimum atomic E-state index is -1.39. The molecule has 2 saturated carbocycles. The van der Waals surface area contributed by atoms with Crippen molar-refractivity contribution in [3.8, 4) is 0 Å². The van der Waals surface area contributed by atoms with Gasteiger partial charge in [-0.15, -0.1) is 0 Å². The first kappa shape index (κ1) is 19.5. The van der Waals surface area contributed by atoms with Gasteiger partial charge in [0.15, 0.2) is 0 Å². The Kier molecular flexibility index (Phi) is 4.23. The van der Waals surface area contributed by atoms with Crippen molar-refractivity contribution in [3.63, 3.8) is 0 Å². The number of hydrogen-bond acceptors (Lipinski definition) is 4. The van der Waals surface area contributed by atoms with Crippen molar-refractivity contribution in [2.24, 2.45) is 5.92 Å². The molecule has 1 aromatic heterocycles. The Morgan fingerprint density at radius 3 is 2.63 bits per heavy atom. The molecule has 2 heterocycles. The summed E-state index contributed by atoms with van der Waals surface area (Å²) in [5, 5.41) is 12.8. The minimum Gasteiger partial charge on any atom is -0.477 e. The van der Waals surface area contributed by atoms with E-state index in [-0.39, 0.29) is 17.3 Å². The molecule has 2 N–H and O–H groups in total. The van der Waals surface area contributed by atoms with E-state index in [0.29, 0.717) is 29.2 Å². The highest BCUT2D eigenvalue weighted by molar-refractivity contribution is 5.95. The maximum Gasteiger partial charge on any atom is 0.341 e. The van der Waals surface area contributed by atoms with Crippen LogP contribution >= 0.6 is 0 Å². The first-order valence-electron chi connectivity index (χ1n) is 10.5. The number of hydrogen-bond donors (Lipinski definition) is 2. The third kappa shape index (κ3) is 2.76. The summed E-state index contributed by atoms with van der Waals surface area (Å²) in [7, 11) is 1.97. The molecule has 0 amide bonds. The number of pyridine rings is 1. The molecule has 1 aliphatic heterocycles. The van der Waals surface area contributed by atoms with Gasteiger partial charge in [0.25, 0.3) is 0 Å². The first-order chi connectivity index (χ1) is 14.3. The number of halogens is 2. The summed E-state index contributed by atoms with van der Waals surface area (Å²) in [5.74, 6) is -1.50. The number of nitrogens with zero attached hydrogens (tertiary/aromatic N) is 2. The Labute approximate surface area is 172 Å². The summed E-state index contributed by atoms with van der Waals surface area (Å²) in [6.07, 6.45) is 3.60. The standard InChI is InChI=1S/C22H25F2N3O3/c1-11-18-13(20(28)14(21(29)30)10-27(18)17-8-15(17)23)7-16(24)19(11)26-6-3-12(9-26)22(25-2)4-5-22/h7,10,12,15,17,25H,3-6,8-9H2,1-2H3,(H,29,30)/t12-,15+,17-/m1/s1. The van der Waals surface area contributed by atoms with Crippen molar-refractivity contribution >= 4 is 22.6 Å². The highest BCUT2D eigenvalue weighted by Crippen LogP contribution is 2.48. The number of aryl methyl sites for hydroxylation is 1. The molecule has 8 heteroatoms. The van der Waals surface area contributed by atoms with Crippen molar-refractivity contribution in [2.75, 3.05) is 25.0 Å². The summed E-state index contributed by atoms with van der Waals surface area (Å²) < 4.78 is 30.7. The van der Waals surface area contributed by atoms with Crippen LogP contribution in [0.3, 0.4) is 0 Å². The van der Waals surface area contributed by atoms with E-state index >= 15 is 4.39 Å². The van der Waals surface area contributed by atoms with Crippen molar-refractivity contribution < 1.29 is 18.7 Å². The summed E-state index contributed by atoms with van der Waals surface area (Å²) in [6, 6.07) is 0.616. The molecule has 1 aromatic carbocycles. The van der Waals surface area contributed by atoms with Gasteiger partial charge in [0.2, 0.25) is 5.43 Å². The number of aromatic nitrogens is 1. The van der Waals surface area contributed by atoms with Gasteiger partial charge in [-0.05, 0) is 50.8 Å². The van der Waals surface area contributed by atoms with Crippen molar-refractivity contribution in [1.29, 1.82) is 0 Å². The maximum absolute atomic E-state index is 15.3. The minimum absolute atomic E-state index is 0.00242. The van der Waals surface area contributed by atoms with E-state index in [4.69, 9.17) is 0 Å². The number of aromatic carboxylic acids is 1. The predicted molar refractivity (Wildman–Crippen MR) is 110 cm³/mol. The molecule has 5 rings (SSSR count). The van der Waals surface area contributed by atoms with Gasteiger partial charge in [0.1, 0.15) is 17.6 Å². The van der Waals surface area contributed by atoms with Crippen LogP contribution < -0.4 is 15.6 Å². The molecule has 160 valence electrons. The van der Waals surface area contributed by atoms with Crippen LogP contribution in [-0.4, -0.2) is 47.5 Å². The molecule has 1 saturated heterocycles. The molecule has 0 unspecified atom stereocenters. The van der Waals surface area contributed by atoms with Crippen LogP contribution in [0.2, 0.25) is 0 Å². The van der Waals surface area contributed by atoms with Gasteiger partial charge >= 0.3 is 5.97 Å². The molecule has 0 spiro atoms. The summed E-state index contributed by atoms with van der Waals surface area (Å²) in [4.78, 5) is 26.3. The van der Waals surface area contributed by atoms with Gasteiger partial charge in [-0.3, -0.25) is 4.79 Å². The normalized spacial score (nSPS) is 26.9. The van der Waals surface area contributed by atoms with E-state index in [1.165, 1.54) is 10.8 Å². The smallest absolute Gasteiger partial charge is 0.341 e. The molecule has 6 nitrogen and oxygen atoms in total.